The van der Waals surface area contributed by atoms with Gasteiger partial charge in [-0.05, 0) is 42.5 Å². The van der Waals surface area contributed by atoms with Crippen LogP contribution in [0.5, 0.6) is 0 Å². The van der Waals surface area contributed by atoms with Crippen molar-refractivity contribution in [1.29, 1.82) is 0 Å². The lowest BCUT2D eigenvalue weighted by molar-refractivity contribution is 0.0947. The highest BCUT2D eigenvalue weighted by atomic mass is 16.1. The Balaban J connectivity index is 1.42. The fourth-order valence-electron chi connectivity index (χ4n) is 3.23. The molecule has 1 aliphatic rings. The molecule has 0 aliphatic heterocycles. The van der Waals surface area contributed by atoms with Gasteiger partial charge in [-0.3, -0.25) is 19.6 Å². The van der Waals surface area contributed by atoms with Gasteiger partial charge in [0.15, 0.2) is 0 Å². The Morgan fingerprint density at radius 1 is 1.33 bits per heavy atom. The normalized spacial score (nSPS) is 13.9. The Kier molecular flexibility index (Phi) is 4.75. The number of aromatic nitrogens is 5. The first-order valence-corrected chi connectivity index (χ1v) is 9.43. The van der Waals surface area contributed by atoms with E-state index in [2.05, 4.69) is 39.4 Å². The van der Waals surface area contributed by atoms with Crippen molar-refractivity contribution in [3.63, 3.8) is 0 Å². The fourth-order valence-corrected chi connectivity index (χ4v) is 3.23. The standard InChI is InChI=1S/C20H24N6O/c1-13(2)17-11-18(25-24-17)20(27)22-9-10-26-19(15-3-4-15)16(12-23-26)14-5-7-21-8-6-14/h5-8,11-13,15H,3-4,9-10H2,1-2H3,(H,22,27)(H,24,25). The van der Waals surface area contributed by atoms with Crippen molar-refractivity contribution in [3.8, 4) is 11.1 Å². The van der Waals surface area contributed by atoms with E-state index in [1.807, 2.05) is 29.1 Å². The van der Waals surface area contributed by atoms with E-state index in [4.69, 9.17) is 0 Å². The summed E-state index contributed by atoms with van der Waals surface area (Å²) in [4.78, 5) is 16.4. The number of rotatable bonds is 7. The van der Waals surface area contributed by atoms with Gasteiger partial charge in [-0.25, -0.2) is 0 Å². The number of hydrogen-bond acceptors (Lipinski definition) is 4. The van der Waals surface area contributed by atoms with E-state index in [1.165, 1.54) is 24.1 Å². The smallest absolute Gasteiger partial charge is 0.271 e. The number of pyridine rings is 1. The molecule has 1 amide bonds. The molecular formula is C20H24N6O. The average Bonchev–Trinajstić information content (AvgIpc) is 3.22. The second kappa shape index (κ2) is 7.34. The average molecular weight is 364 g/mol. The summed E-state index contributed by atoms with van der Waals surface area (Å²) in [6, 6.07) is 5.84. The molecule has 0 bridgehead atoms. The summed E-state index contributed by atoms with van der Waals surface area (Å²) in [5.41, 5.74) is 4.96. The van der Waals surface area contributed by atoms with Crippen molar-refractivity contribution in [1.82, 2.24) is 30.3 Å². The molecule has 3 heterocycles. The summed E-state index contributed by atoms with van der Waals surface area (Å²) in [5.74, 6) is 0.717. The second-order valence-corrected chi connectivity index (χ2v) is 7.30. The number of aromatic amines is 1. The van der Waals surface area contributed by atoms with Gasteiger partial charge in [0.2, 0.25) is 0 Å². The SMILES string of the molecule is CC(C)c1cc(C(=O)NCCn2ncc(-c3ccncc3)c2C2CC2)n[nH]1. The van der Waals surface area contributed by atoms with Crippen LogP contribution in [-0.4, -0.2) is 37.4 Å². The summed E-state index contributed by atoms with van der Waals surface area (Å²) in [7, 11) is 0. The Morgan fingerprint density at radius 3 is 2.78 bits per heavy atom. The number of nitrogens with zero attached hydrogens (tertiary/aromatic N) is 4. The van der Waals surface area contributed by atoms with E-state index in [0.29, 0.717) is 30.6 Å². The number of carbonyl (C=O) groups excluding carboxylic acids is 1. The Morgan fingerprint density at radius 2 is 2.11 bits per heavy atom. The number of H-pyrrole nitrogens is 1. The van der Waals surface area contributed by atoms with E-state index < -0.39 is 0 Å². The highest BCUT2D eigenvalue weighted by Gasteiger charge is 2.30. The molecule has 27 heavy (non-hydrogen) atoms. The maximum absolute atomic E-state index is 12.3. The van der Waals surface area contributed by atoms with E-state index in [-0.39, 0.29) is 5.91 Å². The van der Waals surface area contributed by atoms with Crippen LogP contribution < -0.4 is 5.32 Å². The molecule has 2 N–H and O–H groups in total. The molecule has 7 heteroatoms. The predicted molar refractivity (Wildman–Crippen MR) is 102 cm³/mol. The third-order valence-electron chi connectivity index (χ3n) is 4.90. The zero-order valence-electron chi connectivity index (χ0n) is 15.6. The molecule has 140 valence electrons. The molecule has 4 rings (SSSR count). The fraction of sp³-hybridized carbons (Fsp3) is 0.400. The van der Waals surface area contributed by atoms with Gasteiger partial charge in [0.05, 0.1) is 12.7 Å². The van der Waals surface area contributed by atoms with Crippen LogP contribution in [0.2, 0.25) is 0 Å². The molecule has 0 aromatic carbocycles. The van der Waals surface area contributed by atoms with Crippen LogP contribution in [0.25, 0.3) is 11.1 Å². The number of carbonyl (C=O) groups is 1. The van der Waals surface area contributed by atoms with E-state index in [0.717, 1.165) is 11.3 Å². The van der Waals surface area contributed by atoms with Crippen molar-refractivity contribution >= 4 is 5.91 Å². The van der Waals surface area contributed by atoms with Crippen molar-refractivity contribution < 1.29 is 4.79 Å². The monoisotopic (exact) mass is 364 g/mol. The summed E-state index contributed by atoms with van der Waals surface area (Å²) in [5, 5.41) is 14.5. The lowest BCUT2D eigenvalue weighted by Crippen LogP contribution is -2.28. The summed E-state index contributed by atoms with van der Waals surface area (Å²) < 4.78 is 2.03. The van der Waals surface area contributed by atoms with Crippen molar-refractivity contribution in [2.75, 3.05) is 6.54 Å². The maximum atomic E-state index is 12.3. The van der Waals surface area contributed by atoms with Crippen LogP contribution in [0.1, 0.15) is 60.4 Å². The largest absolute Gasteiger partial charge is 0.349 e. The zero-order chi connectivity index (χ0) is 18.8. The van der Waals surface area contributed by atoms with Crippen LogP contribution in [0.4, 0.5) is 0 Å². The molecule has 3 aromatic heterocycles. The molecule has 1 aliphatic carbocycles. The van der Waals surface area contributed by atoms with Gasteiger partial charge in [0.1, 0.15) is 5.69 Å². The van der Waals surface area contributed by atoms with Gasteiger partial charge in [-0.2, -0.15) is 10.2 Å². The van der Waals surface area contributed by atoms with Gasteiger partial charge in [0.25, 0.3) is 5.91 Å². The first-order valence-electron chi connectivity index (χ1n) is 9.43. The molecule has 0 spiro atoms. The van der Waals surface area contributed by atoms with Gasteiger partial charge in [0, 0.05) is 41.8 Å². The minimum Gasteiger partial charge on any atom is -0.349 e. The number of amides is 1. The second-order valence-electron chi connectivity index (χ2n) is 7.30. The van der Waals surface area contributed by atoms with Crippen molar-refractivity contribution in [3.05, 3.63) is 53.9 Å². The van der Waals surface area contributed by atoms with Crippen LogP contribution in [-0.2, 0) is 6.54 Å². The molecule has 0 unspecified atom stereocenters. The highest BCUT2D eigenvalue weighted by molar-refractivity contribution is 5.92. The summed E-state index contributed by atoms with van der Waals surface area (Å²) >= 11 is 0. The van der Waals surface area contributed by atoms with Crippen molar-refractivity contribution in [2.24, 2.45) is 0 Å². The Bertz CT molecular complexity index is 923. The van der Waals surface area contributed by atoms with Gasteiger partial charge >= 0.3 is 0 Å². The lowest BCUT2D eigenvalue weighted by Gasteiger charge is -2.10. The van der Waals surface area contributed by atoms with E-state index in [1.54, 1.807) is 12.4 Å². The van der Waals surface area contributed by atoms with Crippen molar-refractivity contribution in [2.45, 2.75) is 45.1 Å². The molecule has 1 saturated carbocycles. The van der Waals surface area contributed by atoms with Crippen LogP contribution in [0, 0.1) is 0 Å². The van der Waals surface area contributed by atoms with Gasteiger partial charge in [-0.15, -0.1) is 0 Å². The minimum absolute atomic E-state index is 0.160. The molecule has 7 nitrogen and oxygen atoms in total. The molecule has 0 saturated heterocycles. The third-order valence-corrected chi connectivity index (χ3v) is 4.90. The van der Waals surface area contributed by atoms with E-state index in [9.17, 15) is 4.79 Å². The topological polar surface area (TPSA) is 88.5 Å². The molecule has 3 aromatic rings. The molecule has 1 fully saturated rings. The summed E-state index contributed by atoms with van der Waals surface area (Å²) in [6.45, 7) is 5.28. The molecule has 0 atom stereocenters. The van der Waals surface area contributed by atoms with Crippen LogP contribution in [0.15, 0.2) is 36.8 Å². The number of hydrogen-bond donors (Lipinski definition) is 2. The Labute approximate surface area is 158 Å². The van der Waals surface area contributed by atoms with Crippen LogP contribution in [0.3, 0.4) is 0 Å². The van der Waals surface area contributed by atoms with E-state index >= 15 is 0 Å². The Hall–Kier alpha value is -2.96. The lowest BCUT2D eigenvalue weighted by atomic mass is 10.1. The number of nitrogens with one attached hydrogen (secondary N) is 2. The first-order chi connectivity index (χ1) is 13.1. The molecular weight excluding hydrogens is 340 g/mol. The van der Waals surface area contributed by atoms with Gasteiger partial charge < -0.3 is 5.32 Å². The quantitative estimate of drug-likeness (QED) is 0.674. The minimum atomic E-state index is -0.160. The zero-order valence-corrected chi connectivity index (χ0v) is 15.6. The highest BCUT2D eigenvalue weighted by Crippen LogP contribution is 2.44. The predicted octanol–water partition coefficient (Wildman–Crippen LogP) is 3.10. The third kappa shape index (κ3) is 3.77. The molecule has 0 radical (unpaired) electrons. The maximum Gasteiger partial charge on any atom is 0.271 e. The van der Waals surface area contributed by atoms with Crippen LogP contribution >= 0.6 is 0 Å². The summed E-state index contributed by atoms with van der Waals surface area (Å²) in [6.07, 6.45) is 7.92. The van der Waals surface area contributed by atoms with Gasteiger partial charge in [-0.1, -0.05) is 13.8 Å². The first kappa shape index (κ1) is 17.5.